The molecule has 28 heavy (non-hydrogen) atoms. The highest BCUT2D eigenvalue weighted by Gasteiger charge is 2.17. The lowest BCUT2D eigenvalue weighted by atomic mass is 10.2. The number of rotatable bonds is 7. The molecule has 3 rings (SSSR count). The van der Waals surface area contributed by atoms with Crippen LogP contribution in [0.3, 0.4) is 0 Å². The quantitative estimate of drug-likeness (QED) is 0.767. The van der Waals surface area contributed by atoms with Crippen LogP contribution >= 0.6 is 11.6 Å². The predicted octanol–water partition coefficient (Wildman–Crippen LogP) is 2.68. The number of amides is 1. The molecule has 2 aromatic rings. The zero-order chi connectivity index (χ0) is 20.1. The summed E-state index contributed by atoms with van der Waals surface area (Å²) in [6.07, 6.45) is 0. The SMILES string of the molecule is CCN(CC(=O)Nc1ccc(N2CCOCC2)cc1)Cc1c(C)nn(C)c1Cl. The summed E-state index contributed by atoms with van der Waals surface area (Å²) in [4.78, 5) is 16.8. The largest absolute Gasteiger partial charge is 0.378 e. The van der Waals surface area contributed by atoms with Gasteiger partial charge in [0.05, 0.1) is 25.5 Å². The van der Waals surface area contributed by atoms with E-state index >= 15 is 0 Å². The van der Waals surface area contributed by atoms with Gasteiger partial charge in [0.15, 0.2) is 0 Å². The van der Waals surface area contributed by atoms with E-state index in [4.69, 9.17) is 16.3 Å². The Balaban J connectivity index is 1.56. The standard InChI is InChI=1S/C20H28ClN5O2/c1-4-25(13-18-15(2)23-24(3)20(18)21)14-19(27)22-16-5-7-17(8-6-16)26-9-11-28-12-10-26/h5-8H,4,9-14H2,1-3H3,(H,22,27). The Kier molecular flexibility index (Phi) is 6.93. The van der Waals surface area contributed by atoms with E-state index < -0.39 is 0 Å². The van der Waals surface area contributed by atoms with Crippen molar-refractivity contribution < 1.29 is 9.53 Å². The number of nitrogens with one attached hydrogen (secondary N) is 1. The molecule has 1 aromatic carbocycles. The summed E-state index contributed by atoms with van der Waals surface area (Å²) in [5.41, 5.74) is 3.81. The number of carbonyl (C=O) groups is 1. The number of ether oxygens (including phenoxy) is 1. The van der Waals surface area contributed by atoms with Gasteiger partial charge in [0.1, 0.15) is 5.15 Å². The van der Waals surface area contributed by atoms with Crippen LogP contribution in [0.1, 0.15) is 18.2 Å². The van der Waals surface area contributed by atoms with Crippen LogP contribution in [0.2, 0.25) is 5.15 Å². The average molecular weight is 406 g/mol. The van der Waals surface area contributed by atoms with Crippen molar-refractivity contribution in [3.63, 3.8) is 0 Å². The number of aryl methyl sites for hydroxylation is 2. The minimum absolute atomic E-state index is 0.0429. The molecule has 0 atom stereocenters. The highest BCUT2D eigenvalue weighted by atomic mass is 35.5. The van der Waals surface area contributed by atoms with Crippen molar-refractivity contribution in [2.45, 2.75) is 20.4 Å². The van der Waals surface area contributed by atoms with Gasteiger partial charge in [-0.2, -0.15) is 5.10 Å². The zero-order valence-corrected chi connectivity index (χ0v) is 17.5. The Bertz CT molecular complexity index is 800. The maximum Gasteiger partial charge on any atom is 0.238 e. The van der Waals surface area contributed by atoms with Crippen molar-refractivity contribution in [3.8, 4) is 0 Å². The van der Waals surface area contributed by atoms with Crippen molar-refractivity contribution in [3.05, 3.63) is 40.7 Å². The van der Waals surface area contributed by atoms with Crippen molar-refractivity contribution in [2.75, 3.05) is 49.6 Å². The summed E-state index contributed by atoms with van der Waals surface area (Å²) in [6, 6.07) is 7.97. The Labute approximate surface area is 171 Å². The average Bonchev–Trinajstić information content (AvgIpc) is 2.94. The highest BCUT2D eigenvalue weighted by Crippen LogP contribution is 2.21. The van der Waals surface area contributed by atoms with E-state index in [0.717, 1.165) is 55.5 Å². The molecular formula is C20H28ClN5O2. The van der Waals surface area contributed by atoms with Gasteiger partial charge in [-0.3, -0.25) is 14.4 Å². The lowest BCUT2D eigenvalue weighted by Gasteiger charge is -2.29. The van der Waals surface area contributed by atoms with Crippen molar-refractivity contribution >= 4 is 28.9 Å². The summed E-state index contributed by atoms with van der Waals surface area (Å²) >= 11 is 6.32. The number of morpholine rings is 1. The molecule has 7 nitrogen and oxygen atoms in total. The van der Waals surface area contributed by atoms with Crippen LogP contribution in [0.15, 0.2) is 24.3 Å². The summed E-state index contributed by atoms with van der Waals surface area (Å²) in [5.74, 6) is -0.0429. The number of nitrogens with zero attached hydrogens (tertiary/aromatic N) is 4. The third-order valence-corrected chi connectivity index (χ3v) is 5.47. The molecule has 8 heteroatoms. The minimum atomic E-state index is -0.0429. The first-order chi connectivity index (χ1) is 13.5. The molecule has 0 spiro atoms. The molecule has 1 aliphatic heterocycles. The number of benzene rings is 1. The van der Waals surface area contributed by atoms with Crippen LogP contribution in [0, 0.1) is 6.92 Å². The Morgan fingerprint density at radius 1 is 1.29 bits per heavy atom. The van der Waals surface area contributed by atoms with Gasteiger partial charge in [-0.1, -0.05) is 18.5 Å². The number of likely N-dealkylation sites (N-methyl/N-ethyl adjacent to an activating group) is 1. The number of aromatic nitrogens is 2. The minimum Gasteiger partial charge on any atom is -0.378 e. The maximum absolute atomic E-state index is 12.5. The molecule has 0 aliphatic carbocycles. The molecule has 152 valence electrons. The van der Waals surface area contributed by atoms with Crippen LogP contribution in [0.25, 0.3) is 0 Å². The van der Waals surface area contributed by atoms with Crippen LogP contribution in [-0.4, -0.2) is 60.0 Å². The van der Waals surface area contributed by atoms with Gasteiger partial charge in [-0.05, 0) is 37.7 Å². The van der Waals surface area contributed by atoms with E-state index in [-0.39, 0.29) is 5.91 Å². The number of carbonyl (C=O) groups excluding carboxylic acids is 1. The van der Waals surface area contributed by atoms with Gasteiger partial charge in [-0.15, -0.1) is 0 Å². The first-order valence-electron chi connectivity index (χ1n) is 9.61. The first kappa shape index (κ1) is 20.6. The van der Waals surface area contributed by atoms with E-state index in [9.17, 15) is 4.79 Å². The van der Waals surface area contributed by atoms with E-state index in [0.29, 0.717) is 18.2 Å². The van der Waals surface area contributed by atoms with E-state index in [1.54, 1.807) is 4.68 Å². The predicted molar refractivity (Wildman–Crippen MR) is 112 cm³/mol. The fourth-order valence-corrected chi connectivity index (χ4v) is 3.57. The van der Waals surface area contributed by atoms with Crippen molar-refractivity contribution in [1.29, 1.82) is 0 Å². The smallest absolute Gasteiger partial charge is 0.238 e. The lowest BCUT2D eigenvalue weighted by Crippen LogP contribution is -2.36. The molecule has 0 unspecified atom stereocenters. The van der Waals surface area contributed by atoms with E-state index in [1.807, 2.05) is 50.1 Å². The summed E-state index contributed by atoms with van der Waals surface area (Å²) in [7, 11) is 1.82. The first-order valence-corrected chi connectivity index (χ1v) is 9.98. The van der Waals surface area contributed by atoms with Crippen LogP contribution < -0.4 is 10.2 Å². The number of anilines is 2. The molecule has 2 heterocycles. The van der Waals surface area contributed by atoms with E-state index in [1.165, 1.54) is 0 Å². The Morgan fingerprint density at radius 3 is 2.54 bits per heavy atom. The Morgan fingerprint density at radius 2 is 1.96 bits per heavy atom. The molecule has 1 aliphatic rings. The molecule has 1 N–H and O–H groups in total. The third-order valence-electron chi connectivity index (χ3n) is 4.99. The maximum atomic E-state index is 12.5. The molecule has 0 saturated carbocycles. The second kappa shape index (κ2) is 9.41. The third kappa shape index (κ3) is 5.04. The molecule has 1 amide bonds. The second-order valence-corrected chi connectivity index (χ2v) is 7.33. The fourth-order valence-electron chi connectivity index (χ4n) is 3.34. The summed E-state index contributed by atoms with van der Waals surface area (Å²) in [6.45, 7) is 8.91. The molecule has 1 aromatic heterocycles. The van der Waals surface area contributed by atoms with Crippen molar-refractivity contribution in [2.24, 2.45) is 7.05 Å². The van der Waals surface area contributed by atoms with Gasteiger partial charge in [0.25, 0.3) is 0 Å². The molecule has 0 radical (unpaired) electrons. The number of halogens is 1. The van der Waals surface area contributed by atoms with Gasteiger partial charge >= 0.3 is 0 Å². The molecule has 0 bridgehead atoms. The summed E-state index contributed by atoms with van der Waals surface area (Å²) in [5, 5.41) is 7.94. The molecule has 1 fully saturated rings. The van der Waals surface area contributed by atoms with E-state index in [2.05, 4.69) is 15.3 Å². The normalized spacial score (nSPS) is 14.5. The Hall–Kier alpha value is -2.09. The van der Waals surface area contributed by atoms with Crippen LogP contribution in [0.5, 0.6) is 0 Å². The van der Waals surface area contributed by atoms with Gasteiger partial charge in [-0.25, -0.2) is 0 Å². The zero-order valence-electron chi connectivity index (χ0n) is 16.7. The topological polar surface area (TPSA) is 62.6 Å². The summed E-state index contributed by atoms with van der Waals surface area (Å²) < 4.78 is 7.05. The number of hydrogen-bond acceptors (Lipinski definition) is 5. The lowest BCUT2D eigenvalue weighted by molar-refractivity contribution is -0.117. The van der Waals surface area contributed by atoms with Crippen molar-refractivity contribution in [1.82, 2.24) is 14.7 Å². The van der Waals surface area contributed by atoms with Gasteiger partial charge in [0, 0.05) is 43.6 Å². The molecular weight excluding hydrogens is 378 g/mol. The fraction of sp³-hybridized carbons (Fsp3) is 0.500. The van der Waals surface area contributed by atoms with Crippen LogP contribution in [0.4, 0.5) is 11.4 Å². The highest BCUT2D eigenvalue weighted by molar-refractivity contribution is 6.30. The second-order valence-electron chi connectivity index (χ2n) is 6.98. The van der Waals surface area contributed by atoms with Gasteiger partial charge < -0.3 is 15.0 Å². The monoisotopic (exact) mass is 405 g/mol. The van der Waals surface area contributed by atoms with Crippen LogP contribution in [-0.2, 0) is 23.1 Å². The number of hydrogen-bond donors (Lipinski definition) is 1. The molecule has 1 saturated heterocycles. The van der Waals surface area contributed by atoms with Gasteiger partial charge in [0.2, 0.25) is 5.91 Å².